The Morgan fingerprint density at radius 1 is 0.929 bits per heavy atom. The van der Waals surface area contributed by atoms with Crippen LogP contribution in [0, 0.1) is 0 Å². The van der Waals surface area contributed by atoms with E-state index in [0.717, 1.165) is 11.3 Å². The van der Waals surface area contributed by atoms with Crippen LogP contribution in [0.2, 0.25) is 0 Å². The molecule has 1 heterocycles. The van der Waals surface area contributed by atoms with Crippen molar-refractivity contribution in [3.8, 4) is 5.75 Å². The predicted octanol–water partition coefficient (Wildman–Crippen LogP) is 3.41. The highest BCUT2D eigenvalue weighted by molar-refractivity contribution is 7.18. The maximum Gasteiger partial charge on any atom is 0.349 e. The lowest BCUT2D eigenvalue weighted by atomic mass is 9.99. The lowest BCUT2D eigenvalue weighted by Crippen LogP contribution is -2.18. The summed E-state index contributed by atoms with van der Waals surface area (Å²) in [6.07, 6.45) is 0. The molecule has 0 unspecified atom stereocenters. The zero-order valence-corrected chi connectivity index (χ0v) is 17.3. The lowest BCUT2D eigenvalue weighted by Gasteiger charge is -2.13. The van der Waals surface area contributed by atoms with E-state index in [-0.39, 0.29) is 35.0 Å². The van der Waals surface area contributed by atoms with Crippen LogP contribution in [-0.4, -0.2) is 52.1 Å². The third-order valence-electron chi connectivity index (χ3n) is 3.82. The number of rotatable bonds is 8. The Morgan fingerprint density at radius 2 is 1.50 bits per heavy atom. The molecule has 0 spiro atoms. The van der Waals surface area contributed by atoms with Crippen molar-refractivity contribution in [3.63, 3.8) is 0 Å². The number of carbonyl (C=O) groups excluding carboxylic acids is 3. The van der Waals surface area contributed by atoms with Gasteiger partial charge in [0, 0.05) is 19.7 Å². The van der Waals surface area contributed by atoms with Crippen molar-refractivity contribution < 1.29 is 28.6 Å². The fourth-order valence-electron chi connectivity index (χ4n) is 2.57. The molecule has 0 N–H and O–H groups in total. The second kappa shape index (κ2) is 9.36. The number of carbonyl (C=O) groups is 3. The molecule has 0 amide bonds. The van der Waals surface area contributed by atoms with Crippen molar-refractivity contribution >= 4 is 34.1 Å². The number of methoxy groups -OCH3 is 1. The summed E-state index contributed by atoms with van der Waals surface area (Å²) < 4.78 is 15.3. The maximum atomic E-state index is 13.3. The topological polar surface area (TPSA) is 82.1 Å². The van der Waals surface area contributed by atoms with Gasteiger partial charge in [-0.05, 0) is 38.1 Å². The number of thiophene rings is 1. The molecule has 2 aromatic rings. The van der Waals surface area contributed by atoms with E-state index in [1.54, 1.807) is 57.1 Å². The smallest absolute Gasteiger partial charge is 0.349 e. The summed E-state index contributed by atoms with van der Waals surface area (Å²) in [6.45, 7) is 3.60. The van der Waals surface area contributed by atoms with Crippen LogP contribution in [0.25, 0.3) is 0 Å². The van der Waals surface area contributed by atoms with Crippen molar-refractivity contribution in [2.24, 2.45) is 0 Å². The molecule has 0 bridgehead atoms. The first-order valence-corrected chi connectivity index (χ1v) is 9.54. The number of benzene rings is 1. The quantitative estimate of drug-likeness (QED) is 0.492. The zero-order chi connectivity index (χ0) is 20.8. The number of anilines is 1. The lowest BCUT2D eigenvalue weighted by molar-refractivity contribution is 0.0482. The normalized spacial score (nSPS) is 10.3. The van der Waals surface area contributed by atoms with Crippen molar-refractivity contribution in [2.75, 3.05) is 39.3 Å². The van der Waals surface area contributed by atoms with Crippen LogP contribution in [0.1, 0.15) is 49.8 Å². The Labute approximate surface area is 167 Å². The molecule has 0 aliphatic rings. The number of nitrogens with zero attached hydrogens (tertiary/aromatic N) is 1. The first-order chi connectivity index (χ1) is 13.3. The molecule has 0 fully saturated rings. The first kappa shape index (κ1) is 21.4. The van der Waals surface area contributed by atoms with E-state index in [1.165, 1.54) is 7.11 Å². The molecule has 7 nitrogen and oxygen atoms in total. The predicted molar refractivity (Wildman–Crippen MR) is 107 cm³/mol. The third-order valence-corrected chi connectivity index (χ3v) is 5.15. The highest BCUT2D eigenvalue weighted by atomic mass is 32.1. The largest absolute Gasteiger partial charge is 0.497 e. The molecular formula is C20H23NO6S. The minimum Gasteiger partial charge on any atom is -0.497 e. The minimum atomic E-state index is -0.730. The van der Waals surface area contributed by atoms with Crippen molar-refractivity contribution in [1.29, 1.82) is 0 Å². The number of ketones is 1. The summed E-state index contributed by atoms with van der Waals surface area (Å²) >= 11 is 1.03. The van der Waals surface area contributed by atoms with Crippen LogP contribution in [-0.2, 0) is 9.47 Å². The molecule has 0 aliphatic heterocycles. The Hall–Kier alpha value is -2.87. The van der Waals surface area contributed by atoms with Crippen molar-refractivity contribution in [2.45, 2.75) is 13.8 Å². The van der Waals surface area contributed by atoms with Gasteiger partial charge in [-0.1, -0.05) is 0 Å². The van der Waals surface area contributed by atoms with Gasteiger partial charge in [0.1, 0.15) is 15.6 Å². The van der Waals surface area contributed by atoms with E-state index in [9.17, 15) is 14.4 Å². The van der Waals surface area contributed by atoms with E-state index in [0.29, 0.717) is 16.3 Å². The van der Waals surface area contributed by atoms with Gasteiger partial charge in [0.05, 0.1) is 31.5 Å². The maximum absolute atomic E-state index is 13.3. The standard InChI is InChI=1S/C20H23NO6S/c1-6-26-19(23)15-14(16(22)12-8-10-13(25-5)11-9-12)18(21(3)4)28-17(15)20(24)27-7-2/h8-11H,6-7H2,1-5H3. The molecule has 2 rings (SSSR count). The fraction of sp³-hybridized carbons (Fsp3) is 0.350. The van der Waals surface area contributed by atoms with Gasteiger partial charge in [0.2, 0.25) is 0 Å². The average molecular weight is 405 g/mol. The van der Waals surface area contributed by atoms with Gasteiger partial charge in [-0.2, -0.15) is 0 Å². The third kappa shape index (κ3) is 4.33. The average Bonchev–Trinajstić information content (AvgIpc) is 3.09. The molecule has 0 saturated heterocycles. The Bertz CT molecular complexity index is 870. The van der Waals surface area contributed by atoms with E-state index >= 15 is 0 Å². The Balaban J connectivity index is 2.68. The van der Waals surface area contributed by atoms with Crippen LogP contribution >= 0.6 is 11.3 Å². The van der Waals surface area contributed by atoms with Crippen LogP contribution in [0.3, 0.4) is 0 Å². The van der Waals surface area contributed by atoms with Crippen LogP contribution < -0.4 is 9.64 Å². The molecule has 1 aromatic carbocycles. The highest BCUT2D eigenvalue weighted by Crippen LogP contribution is 2.38. The molecule has 0 aliphatic carbocycles. The van der Waals surface area contributed by atoms with Crippen LogP contribution in [0.15, 0.2) is 24.3 Å². The molecule has 0 saturated carbocycles. The second-order valence-corrected chi connectivity index (χ2v) is 6.88. The number of hydrogen-bond acceptors (Lipinski definition) is 8. The van der Waals surface area contributed by atoms with Crippen molar-refractivity contribution in [1.82, 2.24) is 0 Å². The Kier molecular flexibility index (Phi) is 7.17. The van der Waals surface area contributed by atoms with Crippen LogP contribution in [0.5, 0.6) is 5.75 Å². The summed E-state index contributed by atoms with van der Waals surface area (Å²) in [6, 6.07) is 6.53. The van der Waals surface area contributed by atoms with E-state index in [2.05, 4.69) is 0 Å². The summed E-state index contributed by atoms with van der Waals surface area (Å²) in [4.78, 5) is 40.1. The second-order valence-electron chi connectivity index (χ2n) is 5.88. The monoisotopic (exact) mass is 405 g/mol. The van der Waals surface area contributed by atoms with E-state index in [1.807, 2.05) is 0 Å². The van der Waals surface area contributed by atoms with Crippen LogP contribution in [0.4, 0.5) is 5.00 Å². The molecule has 150 valence electrons. The van der Waals surface area contributed by atoms with Gasteiger partial charge >= 0.3 is 11.9 Å². The molecule has 0 atom stereocenters. The zero-order valence-electron chi connectivity index (χ0n) is 16.5. The molecule has 1 aromatic heterocycles. The van der Waals surface area contributed by atoms with E-state index in [4.69, 9.17) is 14.2 Å². The van der Waals surface area contributed by atoms with Crippen molar-refractivity contribution in [3.05, 3.63) is 45.8 Å². The summed E-state index contributed by atoms with van der Waals surface area (Å²) in [5, 5.41) is 0.479. The van der Waals surface area contributed by atoms with Gasteiger partial charge in [0.25, 0.3) is 0 Å². The van der Waals surface area contributed by atoms with Gasteiger partial charge in [0.15, 0.2) is 5.78 Å². The summed E-state index contributed by atoms with van der Waals surface area (Å²) in [5.41, 5.74) is 0.430. The van der Waals surface area contributed by atoms with Gasteiger partial charge in [-0.15, -0.1) is 11.3 Å². The SMILES string of the molecule is CCOC(=O)c1sc(N(C)C)c(C(=O)c2ccc(OC)cc2)c1C(=O)OCC. The number of ether oxygens (including phenoxy) is 3. The first-order valence-electron chi connectivity index (χ1n) is 8.72. The number of hydrogen-bond donors (Lipinski definition) is 0. The van der Waals surface area contributed by atoms with Gasteiger partial charge < -0.3 is 19.1 Å². The van der Waals surface area contributed by atoms with Gasteiger partial charge in [-0.25, -0.2) is 9.59 Å². The number of esters is 2. The fourth-order valence-corrected chi connectivity index (χ4v) is 3.67. The summed E-state index contributed by atoms with van der Waals surface area (Å²) in [5.74, 6) is -1.17. The molecular weight excluding hydrogens is 382 g/mol. The molecule has 0 radical (unpaired) electrons. The van der Waals surface area contributed by atoms with E-state index < -0.39 is 11.9 Å². The highest BCUT2D eigenvalue weighted by Gasteiger charge is 2.34. The molecule has 8 heteroatoms. The Morgan fingerprint density at radius 3 is 2.00 bits per heavy atom. The van der Waals surface area contributed by atoms with Gasteiger partial charge in [-0.3, -0.25) is 4.79 Å². The minimum absolute atomic E-state index is 0.0564. The summed E-state index contributed by atoms with van der Waals surface area (Å²) in [7, 11) is 5.01. The molecule has 28 heavy (non-hydrogen) atoms.